The van der Waals surface area contributed by atoms with Crippen molar-refractivity contribution in [2.24, 2.45) is 0 Å². The number of aromatic nitrogens is 1. The Hall–Kier alpha value is -3.04. The topological polar surface area (TPSA) is 92.5 Å². The Balaban J connectivity index is 1.31. The number of nitrogens with zero attached hydrogens (tertiary/aromatic N) is 2. The third-order valence-electron chi connectivity index (χ3n) is 5.59. The average Bonchev–Trinajstić information content (AvgIpc) is 3.10. The molecule has 1 aromatic heterocycles. The van der Waals surface area contributed by atoms with Gasteiger partial charge in [-0.25, -0.2) is 17.8 Å². The number of sulfonamides is 1. The first-order valence-electron chi connectivity index (χ1n) is 11.0. The Morgan fingerprint density at radius 1 is 1.00 bits per heavy atom. The van der Waals surface area contributed by atoms with Crippen LogP contribution in [0.5, 0.6) is 0 Å². The number of hydrogen-bond donors (Lipinski definition) is 1. The van der Waals surface area contributed by atoms with Crippen LogP contribution >= 0.6 is 0 Å². The van der Waals surface area contributed by atoms with Crippen LogP contribution in [0.3, 0.4) is 0 Å². The summed E-state index contributed by atoms with van der Waals surface area (Å²) in [7, 11) is -3.52. The second-order valence-corrected chi connectivity index (χ2v) is 9.95. The fourth-order valence-corrected chi connectivity index (χ4v) is 5.28. The number of halogens is 1. The van der Waals surface area contributed by atoms with Crippen molar-refractivity contribution in [2.75, 3.05) is 18.4 Å². The van der Waals surface area contributed by atoms with E-state index in [2.05, 4.69) is 10.3 Å². The Morgan fingerprint density at radius 2 is 1.67 bits per heavy atom. The minimum atomic E-state index is -3.52. The van der Waals surface area contributed by atoms with Crippen LogP contribution < -0.4 is 5.32 Å². The second kappa shape index (κ2) is 10.3. The van der Waals surface area contributed by atoms with Gasteiger partial charge in [0.25, 0.3) is 0 Å². The molecule has 2 heterocycles. The lowest BCUT2D eigenvalue weighted by Crippen LogP contribution is -2.31. The molecule has 1 amide bonds. The van der Waals surface area contributed by atoms with E-state index in [4.69, 9.17) is 4.42 Å². The van der Waals surface area contributed by atoms with Crippen molar-refractivity contribution in [3.63, 3.8) is 0 Å². The SMILES string of the molecule is O=C(CCc1ncc(-c2ccc(F)cc2)o1)Nc1ccc(S(=O)(=O)N2CCCCCC2)cc1. The fourth-order valence-electron chi connectivity index (χ4n) is 3.76. The maximum atomic E-state index is 13.1. The number of oxazole rings is 1. The first kappa shape index (κ1) is 23.1. The average molecular weight is 472 g/mol. The van der Waals surface area contributed by atoms with Crippen LogP contribution in [-0.2, 0) is 21.2 Å². The zero-order chi connectivity index (χ0) is 23.3. The minimum Gasteiger partial charge on any atom is -0.441 e. The third kappa shape index (κ3) is 5.85. The van der Waals surface area contributed by atoms with Crippen LogP contribution in [-0.4, -0.2) is 36.7 Å². The molecule has 1 saturated heterocycles. The van der Waals surface area contributed by atoms with E-state index in [9.17, 15) is 17.6 Å². The fraction of sp³-hybridized carbons (Fsp3) is 0.333. The van der Waals surface area contributed by atoms with Gasteiger partial charge in [-0.1, -0.05) is 12.8 Å². The van der Waals surface area contributed by atoms with Crippen molar-refractivity contribution in [3.8, 4) is 11.3 Å². The molecule has 7 nitrogen and oxygen atoms in total. The van der Waals surface area contributed by atoms with Gasteiger partial charge in [0.05, 0.1) is 11.1 Å². The maximum Gasteiger partial charge on any atom is 0.243 e. The van der Waals surface area contributed by atoms with E-state index in [1.54, 1.807) is 34.8 Å². The van der Waals surface area contributed by atoms with E-state index < -0.39 is 10.0 Å². The summed E-state index contributed by atoms with van der Waals surface area (Å²) >= 11 is 0. The smallest absolute Gasteiger partial charge is 0.243 e. The molecule has 9 heteroatoms. The highest BCUT2D eigenvalue weighted by Crippen LogP contribution is 2.23. The Bertz CT molecular complexity index is 1180. The quantitative estimate of drug-likeness (QED) is 0.543. The van der Waals surface area contributed by atoms with Gasteiger partial charge in [-0.15, -0.1) is 0 Å². The van der Waals surface area contributed by atoms with E-state index in [0.29, 0.717) is 42.4 Å². The number of benzene rings is 2. The van der Waals surface area contributed by atoms with Crippen molar-refractivity contribution in [1.82, 2.24) is 9.29 Å². The van der Waals surface area contributed by atoms with Gasteiger partial charge in [0.15, 0.2) is 11.7 Å². The van der Waals surface area contributed by atoms with Crippen molar-refractivity contribution < 1.29 is 22.0 Å². The molecule has 3 aromatic rings. The van der Waals surface area contributed by atoms with Crippen LogP contribution in [0.4, 0.5) is 10.1 Å². The van der Waals surface area contributed by atoms with Crippen molar-refractivity contribution >= 4 is 21.6 Å². The Kier molecular flexibility index (Phi) is 7.20. The lowest BCUT2D eigenvalue weighted by Gasteiger charge is -2.20. The summed E-state index contributed by atoms with van der Waals surface area (Å²) in [6, 6.07) is 12.1. The van der Waals surface area contributed by atoms with E-state index in [0.717, 1.165) is 25.7 Å². The van der Waals surface area contributed by atoms with Gasteiger partial charge in [-0.2, -0.15) is 4.31 Å². The zero-order valence-electron chi connectivity index (χ0n) is 18.2. The molecule has 33 heavy (non-hydrogen) atoms. The summed E-state index contributed by atoms with van der Waals surface area (Å²) in [4.78, 5) is 16.7. The van der Waals surface area contributed by atoms with E-state index >= 15 is 0 Å². The normalized spacial score (nSPS) is 15.2. The molecule has 174 valence electrons. The molecule has 1 fully saturated rings. The van der Waals surface area contributed by atoms with Crippen LogP contribution in [0.1, 0.15) is 38.0 Å². The lowest BCUT2D eigenvalue weighted by atomic mass is 10.2. The summed E-state index contributed by atoms with van der Waals surface area (Å²) in [6.45, 7) is 1.09. The molecule has 1 aliphatic heterocycles. The van der Waals surface area contributed by atoms with E-state index in [-0.39, 0.29) is 23.0 Å². The number of rotatable bonds is 7. The van der Waals surface area contributed by atoms with Gasteiger partial charge in [0.1, 0.15) is 5.82 Å². The minimum absolute atomic E-state index is 0.150. The number of anilines is 1. The van der Waals surface area contributed by atoms with Gasteiger partial charge in [0.2, 0.25) is 15.9 Å². The molecule has 0 bridgehead atoms. The largest absolute Gasteiger partial charge is 0.441 e. The molecule has 4 rings (SSSR count). The highest BCUT2D eigenvalue weighted by Gasteiger charge is 2.25. The van der Waals surface area contributed by atoms with Crippen molar-refractivity contribution in [2.45, 2.75) is 43.4 Å². The molecule has 0 aliphatic carbocycles. The Morgan fingerprint density at radius 3 is 2.33 bits per heavy atom. The molecule has 0 saturated carbocycles. The summed E-state index contributed by atoms with van der Waals surface area (Å²) in [6.07, 6.45) is 5.86. The molecular formula is C24H26FN3O4S. The van der Waals surface area contributed by atoms with Crippen LogP contribution in [0.2, 0.25) is 0 Å². The zero-order valence-corrected chi connectivity index (χ0v) is 19.0. The molecular weight excluding hydrogens is 445 g/mol. The predicted molar refractivity (Wildman–Crippen MR) is 123 cm³/mol. The summed E-state index contributed by atoms with van der Waals surface area (Å²) < 4.78 is 46.0. The highest BCUT2D eigenvalue weighted by molar-refractivity contribution is 7.89. The maximum absolute atomic E-state index is 13.1. The van der Waals surface area contributed by atoms with Crippen LogP contribution in [0, 0.1) is 5.82 Å². The molecule has 2 aromatic carbocycles. The standard InChI is InChI=1S/C24H26FN3O4S/c25-19-7-5-18(6-8-19)22-17-26-24(32-22)14-13-23(29)27-20-9-11-21(12-10-20)33(30,31)28-15-3-1-2-4-16-28/h5-12,17H,1-4,13-16H2,(H,27,29). The summed E-state index contributed by atoms with van der Waals surface area (Å²) in [5.41, 5.74) is 1.23. The summed E-state index contributed by atoms with van der Waals surface area (Å²) in [5, 5.41) is 2.77. The van der Waals surface area contributed by atoms with Gasteiger partial charge in [0, 0.05) is 37.2 Å². The van der Waals surface area contributed by atoms with Crippen LogP contribution in [0.15, 0.2) is 64.0 Å². The van der Waals surface area contributed by atoms with Gasteiger partial charge < -0.3 is 9.73 Å². The number of carbonyl (C=O) groups excluding carboxylic acids is 1. The van der Waals surface area contributed by atoms with Crippen LogP contribution in [0.25, 0.3) is 11.3 Å². The van der Waals surface area contributed by atoms with E-state index in [1.807, 2.05) is 0 Å². The number of nitrogens with one attached hydrogen (secondary N) is 1. The third-order valence-corrected chi connectivity index (χ3v) is 7.50. The number of carbonyl (C=O) groups is 1. The molecule has 1 N–H and O–H groups in total. The van der Waals surface area contributed by atoms with E-state index in [1.165, 1.54) is 24.3 Å². The first-order chi connectivity index (χ1) is 15.9. The van der Waals surface area contributed by atoms with Crippen molar-refractivity contribution in [3.05, 3.63) is 66.4 Å². The molecule has 0 unspecified atom stereocenters. The predicted octanol–water partition coefficient (Wildman–Crippen LogP) is 4.62. The number of aryl methyl sites for hydroxylation is 1. The highest BCUT2D eigenvalue weighted by atomic mass is 32.2. The van der Waals surface area contributed by atoms with Gasteiger partial charge >= 0.3 is 0 Å². The number of hydrogen-bond acceptors (Lipinski definition) is 5. The molecule has 0 atom stereocenters. The van der Waals surface area contributed by atoms with Crippen molar-refractivity contribution in [1.29, 1.82) is 0 Å². The Labute approximate surface area is 192 Å². The lowest BCUT2D eigenvalue weighted by molar-refractivity contribution is -0.116. The molecule has 0 radical (unpaired) electrons. The second-order valence-electron chi connectivity index (χ2n) is 8.02. The van der Waals surface area contributed by atoms with Gasteiger partial charge in [-0.05, 0) is 61.4 Å². The monoisotopic (exact) mass is 471 g/mol. The summed E-state index contributed by atoms with van der Waals surface area (Å²) in [5.74, 6) is 0.345. The number of amides is 1. The first-order valence-corrected chi connectivity index (χ1v) is 12.5. The molecule has 1 aliphatic rings. The molecule has 0 spiro atoms. The van der Waals surface area contributed by atoms with Gasteiger partial charge in [-0.3, -0.25) is 4.79 Å².